The van der Waals surface area contributed by atoms with E-state index in [9.17, 15) is 10.2 Å². The summed E-state index contributed by atoms with van der Waals surface area (Å²) < 4.78 is 0.658. The molecule has 0 saturated carbocycles. The van der Waals surface area contributed by atoms with Crippen LogP contribution in [0, 0.1) is 0 Å². The normalized spacial score (nSPS) is 10.3. The number of hydrogen-bond donors (Lipinski definition) is 3. The van der Waals surface area contributed by atoms with Crippen LogP contribution in [-0.4, -0.2) is 10.2 Å². The third-order valence-electron chi connectivity index (χ3n) is 2.46. The average molecular weight is 329 g/mol. The third-order valence-corrected chi connectivity index (χ3v) is 3.39. The average Bonchev–Trinajstić information content (AvgIpc) is 2.35. The fourth-order valence-electron chi connectivity index (χ4n) is 1.48. The number of rotatable bonds is 3. The Morgan fingerprint density at radius 2 is 1.78 bits per heavy atom. The molecule has 0 aliphatic carbocycles. The number of phenolic OH excluding ortho intramolecular Hbond substituents is 2. The van der Waals surface area contributed by atoms with Crippen molar-refractivity contribution in [2.75, 3.05) is 5.32 Å². The van der Waals surface area contributed by atoms with Gasteiger partial charge in [-0.2, -0.15) is 0 Å². The van der Waals surface area contributed by atoms with E-state index in [0.717, 1.165) is 11.3 Å². The summed E-state index contributed by atoms with van der Waals surface area (Å²) in [5, 5.41) is 22.2. The van der Waals surface area contributed by atoms with Crippen molar-refractivity contribution < 1.29 is 10.2 Å². The first-order valence-electron chi connectivity index (χ1n) is 5.26. The van der Waals surface area contributed by atoms with Gasteiger partial charge in [-0.1, -0.05) is 17.7 Å². The molecule has 0 atom stereocenters. The van der Waals surface area contributed by atoms with Crippen molar-refractivity contribution in [3.8, 4) is 11.5 Å². The fraction of sp³-hybridized carbons (Fsp3) is 0.0769. The molecule has 0 amide bonds. The molecule has 18 heavy (non-hydrogen) atoms. The zero-order chi connectivity index (χ0) is 13.1. The van der Waals surface area contributed by atoms with Crippen molar-refractivity contribution in [3.05, 3.63) is 51.5 Å². The number of benzene rings is 2. The second-order valence-electron chi connectivity index (χ2n) is 3.81. The summed E-state index contributed by atoms with van der Waals surface area (Å²) in [6.45, 7) is 0.597. The molecule has 0 saturated heterocycles. The van der Waals surface area contributed by atoms with Crippen molar-refractivity contribution in [3.63, 3.8) is 0 Å². The van der Waals surface area contributed by atoms with E-state index in [1.54, 1.807) is 18.2 Å². The molecule has 3 nitrogen and oxygen atoms in total. The lowest BCUT2D eigenvalue weighted by atomic mass is 10.2. The largest absolute Gasteiger partial charge is 0.507 e. The summed E-state index contributed by atoms with van der Waals surface area (Å²) in [6.07, 6.45) is 0. The standard InChI is InChI=1S/C13H11BrClNO2/c14-10-5-8(1-3-12(10)17)7-16-9-2-4-13(18)11(15)6-9/h1-6,16-18H,7H2. The molecule has 5 heteroatoms. The molecule has 0 unspecified atom stereocenters. The highest BCUT2D eigenvalue weighted by Gasteiger charge is 2.02. The van der Waals surface area contributed by atoms with Crippen molar-refractivity contribution in [2.24, 2.45) is 0 Å². The van der Waals surface area contributed by atoms with Crippen LogP contribution in [0.25, 0.3) is 0 Å². The topological polar surface area (TPSA) is 52.5 Å². The fourth-order valence-corrected chi connectivity index (χ4v) is 2.09. The minimum atomic E-state index is 0.0644. The van der Waals surface area contributed by atoms with Gasteiger partial charge in [0.2, 0.25) is 0 Å². The summed E-state index contributed by atoms with van der Waals surface area (Å²) in [7, 11) is 0. The zero-order valence-corrected chi connectivity index (χ0v) is 11.7. The Morgan fingerprint density at radius 1 is 1.06 bits per heavy atom. The van der Waals surface area contributed by atoms with Gasteiger partial charge < -0.3 is 15.5 Å². The molecular weight excluding hydrogens is 318 g/mol. The molecule has 0 heterocycles. The number of halogens is 2. The van der Waals surface area contributed by atoms with Gasteiger partial charge in [0.25, 0.3) is 0 Å². The van der Waals surface area contributed by atoms with Gasteiger partial charge in [0, 0.05) is 12.2 Å². The van der Waals surface area contributed by atoms with Gasteiger partial charge in [-0.05, 0) is 51.8 Å². The molecule has 0 radical (unpaired) electrons. The molecule has 0 aliphatic rings. The first-order chi connectivity index (χ1) is 8.56. The van der Waals surface area contributed by atoms with Crippen molar-refractivity contribution >= 4 is 33.2 Å². The van der Waals surface area contributed by atoms with Crippen LogP contribution in [0.2, 0.25) is 5.02 Å². The molecule has 2 aromatic rings. The molecule has 2 rings (SSSR count). The van der Waals surface area contributed by atoms with E-state index in [2.05, 4.69) is 21.2 Å². The highest BCUT2D eigenvalue weighted by atomic mass is 79.9. The number of anilines is 1. The van der Waals surface area contributed by atoms with Crippen LogP contribution < -0.4 is 5.32 Å². The van der Waals surface area contributed by atoms with Crippen LogP contribution in [0.3, 0.4) is 0 Å². The predicted octanol–water partition coefficient (Wildman–Crippen LogP) is 4.13. The summed E-state index contributed by atoms with van der Waals surface area (Å²) in [4.78, 5) is 0. The number of hydrogen-bond acceptors (Lipinski definition) is 3. The SMILES string of the molecule is Oc1ccc(NCc2ccc(O)c(Br)c2)cc1Cl. The van der Waals surface area contributed by atoms with Crippen LogP contribution in [0.15, 0.2) is 40.9 Å². The van der Waals surface area contributed by atoms with Crippen LogP contribution in [0.1, 0.15) is 5.56 Å². The van der Waals surface area contributed by atoms with E-state index in [1.165, 1.54) is 6.07 Å². The maximum absolute atomic E-state index is 9.38. The molecule has 2 aromatic carbocycles. The molecule has 0 aromatic heterocycles. The van der Waals surface area contributed by atoms with E-state index >= 15 is 0 Å². The quantitative estimate of drug-likeness (QED) is 0.743. The van der Waals surface area contributed by atoms with Gasteiger partial charge in [0.1, 0.15) is 11.5 Å². The van der Waals surface area contributed by atoms with Gasteiger partial charge in [-0.25, -0.2) is 0 Å². The van der Waals surface area contributed by atoms with Crippen LogP contribution in [0.4, 0.5) is 5.69 Å². The predicted molar refractivity (Wildman–Crippen MR) is 76.3 cm³/mol. The summed E-state index contributed by atoms with van der Waals surface area (Å²) in [6, 6.07) is 10.2. The van der Waals surface area contributed by atoms with E-state index in [0.29, 0.717) is 16.0 Å². The second-order valence-corrected chi connectivity index (χ2v) is 5.07. The summed E-state index contributed by atoms with van der Waals surface area (Å²) >= 11 is 9.07. The third kappa shape index (κ3) is 3.09. The van der Waals surface area contributed by atoms with Gasteiger partial charge in [-0.15, -0.1) is 0 Å². The van der Waals surface area contributed by atoms with Crippen LogP contribution >= 0.6 is 27.5 Å². The first-order valence-corrected chi connectivity index (χ1v) is 6.43. The van der Waals surface area contributed by atoms with E-state index < -0.39 is 0 Å². The monoisotopic (exact) mass is 327 g/mol. The Kier molecular flexibility index (Phi) is 3.99. The number of phenols is 2. The second kappa shape index (κ2) is 5.50. The minimum Gasteiger partial charge on any atom is -0.507 e. The first kappa shape index (κ1) is 13.1. The summed E-state index contributed by atoms with van der Waals surface area (Å²) in [5.74, 6) is 0.279. The maximum atomic E-state index is 9.38. The Hall–Kier alpha value is -1.39. The number of aromatic hydroxyl groups is 2. The maximum Gasteiger partial charge on any atom is 0.134 e. The van der Waals surface area contributed by atoms with Gasteiger partial charge in [0.05, 0.1) is 9.50 Å². The summed E-state index contributed by atoms with van der Waals surface area (Å²) in [5.41, 5.74) is 1.84. The van der Waals surface area contributed by atoms with Gasteiger partial charge in [-0.3, -0.25) is 0 Å². The Bertz CT molecular complexity index is 523. The number of nitrogens with one attached hydrogen (secondary N) is 1. The lowest BCUT2D eigenvalue weighted by Crippen LogP contribution is -1.99. The minimum absolute atomic E-state index is 0.0644. The Balaban J connectivity index is 2.06. The Labute approximate surface area is 118 Å². The van der Waals surface area contributed by atoms with Crippen molar-refractivity contribution in [2.45, 2.75) is 6.54 Å². The zero-order valence-electron chi connectivity index (χ0n) is 9.32. The van der Waals surface area contributed by atoms with Gasteiger partial charge >= 0.3 is 0 Å². The molecule has 3 N–H and O–H groups in total. The lowest BCUT2D eigenvalue weighted by molar-refractivity contribution is 0.471. The van der Waals surface area contributed by atoms with Crippen LogP contribution in [0.5, 0.6) is 11.5 Å². The smallest absolute Gasteiger partial charge is 0.134 e. The molecule has 0 aliphatic heterocycles. The molecule has 0 spiro atoms. The molecule has 0 bridgehead atoms. The Morgan fingerprint density at radius 3 is 2.44 bits per heavy atom. The van der Waals surface area contributed by atoms with Crippen molar-refractivity contribution in [1.82, 2.24) is 0 Å². The van der Waals surface area contributed by atoms with Crippen molar-refractivity contribution in [1.29, 1.82) is 0 Å². The lowest BCUT2D eigenvalue weighted by Gasteiger charge is -2.08. The van der Waals surface area contributed by atoms with Crippen LogP contribution in [-0.2, 0) is 6.54 Å². The van der Waals surface area contributed by atoms with E-state index in [-0.39, 0.29) is 11.5 Å². The highest BCUT2D eigenvalue weighted by Crippen LogP contribution is 2.27. The molecular formula is C13H11BrClNO2. The van der Waals surface area contributed by atoms with Gasteiger partial charge in [0.15, 0.2) is 0 Å². The highest BCUT2D eigenvalue weighted by molar-refractivity contribution is 9.10. The van der Waals surface area contributed by atoms with E-state index in [1.807, 2.05) is 12.1 Å². The molecule has 94 valence electrons. The van der Waals surface area contributed by atoms with E-state index in [4.69, 9.17) is 11.6 Å². The molecule has 0 fully saturated rings.